The zero-order valence-electron chi connectivity index (χ0n) is 12.8. The van der Waals surface area contributed by atoms with E-state index in [1.807, 2.05) is 35.8 Å². The number of aryl methyl sites for hydroxylation is 1. The summed E-state index contributed by atoms with van der Waals surface area (Å²) in [4.78, 5) is 2.37. The SMILES string of the molecule is Cn1cc([C@H]2CSCCN2Cc2nnc(-c3ccco3)o2)cn1. The molecule has 0 unspecified atom stereocenters. The molecule has 1 atom stereocenters. The van der Waals surface area contributed by atoms with Crippen LogP contribution in [0.1, 0.15) is 17.5 Å². The summed E-state index contributed by atoms with van der Waals surface area (Å²) in [6.45, 7) is 1.62. The standard InChI is InChI=1S/C15H17N5O2S/c1-19-8-11(7-16-19)12-10-23-6-4-20(12)9-14-17-18-15(22-14)13-3-2-5-21-13/h2-3,5,7-8,12H,4,6,9-10H2,1H3/t12-/m1/s1. The predicted molar refractivity (Wildman–Crippen MR) is 85.7 cm³/mol. The highest BCUT2D eigenvalue weighted by Crippen LogP contribution is 2.30. The van der Waals surface area contributed by atoms with Gasteiger partial charge in [-0.1, -0.05) is 0 Å². The Hall–Kier alpha value is -2.06. The van der Waals surface area contributed by atoms with E-state index in [-0.39, 0.29) is 0 Å². The number of hydrogen-bond donors (Lipinski definition) is 0. The van der Waals surface area contributed by atoms with E-state index < -0.39 is 0 Å². The Kier molecular flexibility index (Phi) is 3.92. The second kappa shape index (κ2) is 6.21. The highest BCUT2D eigenvalue weighted by molar-refractivity contribution is 7.99. The summed E-state index contributed by atoms with van der Waals surface area (Å²) >= 11 is 1.96. The van der Waals surface area contributed by atoms with E-state index in [0.29, 0.717) is 30.1 Å². The van der Waals surface area contributed by atoms with E-state index in [0.717, 1.165) is 18.1 Å². The molecule has 0 aliphatic carbocycles. The Bertz CT molecular complexity index is 767. The van der Waals surface area contributed by atoms with Crippen LogP contribution in [0.4, 0.5) is 0 Å². The van der Waals surface area contributed by atoms with Crippen LogP contribution >= 0.6 is 11.8 Å². The molecule has 0 bridgehead atoms. The second-order valence-corrected chi connectivity index (χ2v) is 6.64. The molecule has 0 radical (unpaired) electrons. The average Bonchev–Trinajstić information content (AvgIpc) is 3.28. The van der Waals surface area contributed by atoms with E-state index >= 15 is 0 Å². The van der Waals surface area contributed by atoms with Gasteiger partial charge >= 0.3 is 0 Å². The third kappa shape index (κ3) is 3.04. The molecule has 23 heavy (non-hydrogen) atoms. The van der Waals surface area contributed by atoms with Crippen LogP contribution < -0.4 is 0 Å². The number of rotatable bonds is 4. The summed E-state index contributed by atoms with van der Waals surface area (Å²) in [7, 11) is 1.94. The number of hydrogen-bond acceptors (Lipinski definition) is 7. The van der Waals surface area contributed by atoms with Crippen molar-refractivity contribution in [3.63, 3.8) is 0 Å². The molecule has 0 saturated carbocycles. The van der Waals surface area contributed by atoms with Gasteiger partial charge in [-0.2, -0.15) is 16.9 Å². The first kappa shape index (κ1) is 14.5. The van der Waals surface area contributed by atoms with Crippen molar-refractivity contribution in [1.82, 2.24) is 24.9 Å². The quantitative estimate of drug-likeness (QED) is 0.726. The van der Waals surface area contributed by atoms with Crippen molar-refractivity contribution in [2.24, 2.45) is 7.05 Å². The summed E-state index contributed by atoms with van der Waals surface area (Å²) in [5.74, 6) is 3.79. The minimum absolute atomic E-state index is 0.321. The van der Waals surface area contributed by atoms with Gasteiger partial charge in [-0.05, 0) is 12.1 Å². The van der Waals surface area contributed by atoms with Gasteiger partial charge in [0.15, 0.2) is 5.76 Å². The molecule has 3 aromatic rings. The monoisotopic (exact) mass is 331 g/mol. The molecule has 4 rings (SSSR count). The largest absolute Gasteiger partial charge is 0.459 e. The fraction of sp³-hybridized carbons (Fsp3) is 0.400. The lowest BCUT2D eigenvalue weighted by atomic mass is 10.1. The van der Waals surface area contributed by atoms with Crippen LogP contribution in [0.15, 0.2) is 39.6 Å². The van der Waals surface area contributed by atoms with E-state index in [1.165, 1.54) is 5.56 Å². The molecule has 0 aromatic carbocycles. The topological polar surface area (TPSA) is 73.1 Å². The summed E-state index contributed by atoms with van der Waals surface area (Å²) in [5.41, 5.74) is 1.23. The van der Waals surface area contributed by atoms with Crippen molar-refractivity contribution in [2.45, 2.75) is 12.6 Å². The lowest BCUT2D eigenvalue weighted by Crippen LogP contribution is -2.35. The van der Waals surface area contributed by atoms with Gasteiger partial charge in [0.2, 0.25) is 5.89 Å². The zero-order chi connectivity index (χ0) is 15.6. The maximum absolute atomic E-state index is 5.73. The Morgan fingerprint density at radius 3 is 3.13 bits per heavy atom. The first-order valence-electron chi connectivity index (χ1n) is 7.46. The van der Waals surface area contributed by atoms with E-state index in [2.05, 4.69) is 26.4 Å². The van der Waals surface area contributed by atoms with Crippen molar-refractivity contribution >= 4 is 11.8 Å². The molecular weight excluding hydrogens is 314 g/mol. The Balaban J connectivity index is 1.52. The molecule has 1 aliphatic heterocycles. The molecule has 1 saturated heterocycles. The van der Waals surface area contributed by atoms with Crippen LogP contribution in [0.3, 0.4) is 0 Å². The third-order valence-corrected chi connectivity index (χ3v) is 4.91. The van der Waals surface area contributed by atoms with Gasteiger partial charge in [0.05, 0.1) is 19.0 Å². The van der Waals surface area contributed by atoms with Crippen LogP contribution in [0, 0.1) is 0 Å². The highest BCUT2D eigenvalue weighted by atomic mass is 32.2. The first-order valence-corrected chi connectivity index (χ1v) is 8.61. The van der Waals surface area contributed by atoms with Crippen LogP contribution in [-0.4, -0.2) is 42.9 Å². The second-order valence-electron chi connectivity index (χ2n) is 5.49. The van der Waals surface area contributed by atoms with Crippen LogP contribution in [0.2, 0.25) is 0 Å². The smallest absolute Gasteiger partial charge is 0.283 e. The summed E-state index contributed by atoms with van der Waals surface area (Å²) in [6.07, 6.45) is 5.61. The van der Waals surface area contributed by atoms with Gasteiger partial charge in [0, 0.05) is 42.9 Å². The van der Waals surface area contributed by atoms with Gasteiger partial charge < -0.3 is 8.83 Å². The number of thioether (sulfide) groups is 1. The molecule has 1 fully saturated rings. The molecule has 0 amide bonds. The number of furan rings is 1. The lowest BCUT2D eigenvalue weighted by Gasteiger charge is -2.33. The van der Waals surface area contributed by atoms with Gasteiger partial charge in [-0.3, -0.25) is 9.58 Å². The van der Waals surface area contributed by atoms with Crippen molar-refractivity contribution in [2.75, 3.05) is 18.1 Å². The molecular formula is C15H17N5O2S. The molecule has 4 heterocycles. The van der Waals surface area contributed by atoms with Gasteiger partial charge in [-0.25, -0.2) is 0 Å². The molecule has 7 nitrogen and oxygen atoms in total. The van der Waals surface area contributed by atoms with Crippen LogP contribution in [0.5, 0.6) is 0 Å². The van der Waals surface area contributed by atoms with Crippen molar-refractivity contribution in [3.8, 4) is 11.7 Å². The van der Waals surface area contributed by atoms with Gasteiger partial charge in [0.1, 0.15) is 0 Å². The van der Waals surface area contributed by atoms with Crippen molar-refractivity contribution in [3.05, 3.63) is 42.2 Å². The normalized spacial score (nSPS) is 19.3. The number of aromatic nitrogens is 4. The lowest BCUT2D eigenvalue weighted by molar-refractivity contribution is 0.192. The number of nitrogens with zero attached hydrogens (tertiary/aromatic N) is 5. The third-order valence-electron chi connectivity index (χ3n) is 3.89. The van der Waals surface area contributed by atoms with Gasteiger partial charge in [-0.15, -0.1) is 10.2 Å². The van der Waals surface area contributed by atoms with E-state index in [4.69, 9.17) is 8.83 Å². The molecule has 3 aromatic heterocycles. The van der Waals surface area contributed by atoms with Crippen molar-refractivity contribution < 1.29 is 8.83 Å². The summed E-state index contributed by atoms with van der Waals surface area (Å²) in [6, 6.07) is 3.94. The van der Waals surface area contributed by atoms with E-state index in [9.17, 15) is 0 Å². The maximum Gasteiger partial charge on any atom is 0.283 e. The summed E-state index contributed by atoms with van der Waals surface area (Å²) in [5, 5.41) is 12.5. The van der Waals surface area contributed by atoms with Crippen LogP contribution in [0.25, 0.3) is 11.7 Å². The summed E-state index contributed by atoms with van der Waals surface area (Å²) < 4.78 is 12.9. The molecule has 8 heteroatoms. The van der Waals surface area contributed by atoms with Crippen LogP contribution in [-0.2, 0) is 13.6 Å². The zero-order valence-corrected chi connectivity index (χ0v) is 13.6. The Morgan fingerprint density at radius 1 is 1.39 bits per heavy atom. The Morgan fingerprint density at radius 2 is 2.35 bits per heavy atom. The Labute approximate surface area is 137 Å². The molecule has 0 N–H and O–H groups in total. The maximum atomic E-state index is 5.73. The molecule has 0 spiro atoms. The van der Waals surface area contributed by atoms with E-state index in [1.54, 1.807) is 12.3 Å². The van der Waals surface area contributed by atoms with Crippen molar-refractivity contribution in [1.29, 1.82) is 0 Å². The predicted octanol–water partition coefficient (Wildman–Crippen LogP) is 2.35. The fourth-order valence-electron chi connectivity index (χ4n) is 2.74. The highest BCUT2D eigenvalue weighted by Gasteiger charge is 2.27. The minimum atomic E-state index is 0.321. The molecule has 120 valence electrons. The first-order chi connectivity index (χ1) is 11.3. The average molecular weight is 331 g/mol. The van der Waals surface area contributed by atoms with Gasteiger partial charge in [0.25, 0.3) is 5.89 Å². The minimum Gasteiger partial charge on any atom is -0.459 e. The fourth-order valence-corrected chi connectivity index (χ4v) is 3.89. The molecule has 1 aliphatic rings.